The number of nitrogens with one attached hydrogen (secondary N) is 1. The van der Waals surface area contributed by atoms with Gasteiger partial charge in [-0.2, -0.15) is 0 Å². The lowest BCUT2D eigenvalue weighted by Crippen LogP contribution is -2.46. The van der Waals surface area contributed by atoms with Crippen LogP contribution in [-0.4, -0.2) is 24.4 Å². The summed E-state index contributed by atoms with van der Waals surface area (Å²) in [5, 5.41) is 2.32. The minimum absolute atomic E-state index is 0.0536. The van der Waals surface area contributed by atoms with Gasteiger partial charge < -0.3 is 16.8 Å². The average molecular weight is 173 g/mol. The van der Waals surface area contributed by atoms with E-state index >= 15 is 0 Å². The summed E-state index contributed by atoms with van der Waals surface area (Å²) in [5.41, 5.74) is 10.3. The second-order valence-electron chi connectivity index (χ2n) is 2.95. The van der Waals surface area contributed by atoms with E-state index in [1.54, 1.807) is 0 Å². The second kappa shape index (κ2) is 4.71. The van der Waals surface area contributed by atoms with Crippen LogP contribution in [0.2, 0.25) is 0 Å². The van der Waals surface area contributed by atoms with Crippen LogP contribution in [0.1, 0.15) is 13.8 Å². The van der Waals surface area contributed by atoms with Gasteiger partial charge in [0.05, 0.1) is 12.6 Å². The third-order valence-corrected chi connectivity index (χ3v) is 1.46. The lowest BCUT2D eigenvalue weighted by Gasteiger charge is -2.14. The van der Waals surface area contributed by atoms with Crippen LogP contribution < -0.4 is 16.8 Å². The lowest BCUT2D eigenvalue weighted by atomic mass is 10.1. The van der Waals surface area contributed by atoms with Crippen molar-refractivity contribution in [1.82, 2.24) is 5.32 Å². The zero-order chi connectivity index (χ0) is 9.72. The first-order chi connectivity index (χ1) is 5.45. The predicted molar refractivity (Wildman–Crippen MR) is 45.0 cm³/mol. The van der Waals surface area contributed by atoms with Crippen molar-refractivity contribution in [1.29, 1.82) is 0 Å². The van der Waals surface area contributed by atoms with Crippen molar-refractivity contribution in [2.75, 3.05) is 6.54 Å². The van der Waals surface area contributed by atoms with E-state index in [4.69, 9.17) is 11.5 Å². The number of rotatable bonds is 4. The zero-order valence-corrected chi connectivity index (χ0v) is 7.33. The molecule has 0 aliphatic heterocycles. The van der Waals surface area contributed by atoms with Crippen LogP contribution in [0.3, 0.4) is 0 Å². The Balaban J connectivity index is 3.80. The average Bonchev–Trinajstić information content (AvgIpc) is 1.98. The minimum Gasteiger partial charge on any atom is -0.368 e. The topological polar surface area (TPSA) is 98.2 Å². The molecule has 2 amide bonds. The molecule has 0 fully saturated rings. The van der Waals surface area contributed by atoms with E-state index in [2.05, 4.69) is 5.32 Å². The highest BCUT2D eigenvalue weighted by molar-refractivity contribution is 5.86. The van der Waals surface area contributed by atoms with Gasteiger partial charge in [-0.1, -0.05) is 13.8 Å². The highest BCUT2D eigenvalue weighted by Gasteiger charge is 2.16. The first-order valence-electron chi connectivity index (χ1n) is 3.76. The fourth-order valence-electron chi connectivity index (χ4n) is 0.595. The minimum atomic E-state index is -0.579. The van der Waals surface area contributed by atoms with Gasteiger partial charge in [-0.05, 0) is 5.92 Å². The second-order valence-corrected chi connectivity index (χ2v) is 2.95. The van der Waals surface area contributed by atoms with Gasteiger partial charge in [0.15, 0.2) is 0 Å². The van der Waals surface area contributed by atoms with Crippen molar-refractivity contribution in [2.45, 2.75) is 19.9 Å². The molecule has 12 heavy (non-hydrogen) atoms. The van der Waals surface area contributed by atoms with Gasteiger partial charge in [-0.3, -0.25) is 9.59 Å². The maximum absolute atomic E-state index is 11.0. The number of carbonyl (C=O) groups is 2. The van der Waals surface area contributed by atoms with E-state index in [9.17, 15) is 9.59 Å². The van der Waals surface area contributed by atoms with Crippen LogP contribution >= 0.6 is 0 Å². The smallest absolute Gasteiger partial charge is 0.237 e. The summed E-state index contributed by atoms with van der Waals surface area (Å²) in [7, 11) is 0. The van der Waals surface area contributed by atoms with E-state index in [0.717, 1.165) is 0 Å². The Kier molecular flexibility index (Phi) is 4.28. The summed E-state index contributed by atoms with van der Waals surface area (Å²) < 4.78 is 0. The Morgan fingerprint density at radius 1 is 1.42 bits per heavy atom. The first kappa shape index (κ1) is 10.9. The molecule has 70 valence electrons. The van der Waals surface area contributed by atoms with Gasteiger partial charge in [0, 0.05) is 0 Å². The number of hydrogen-bond donors (Lipinski definition) is 3. The fourth-order valence-corrected chi connectivity index (χ4v) is 0.595. The van der Waals surface area contributed by atoms with Crippen molar-refractivity contribution in [2.24, 2.45) is 17.4 Å². The molecular weight excluding hydrogens is 158 g/mol. The SMILES string of the molecule is CC(C)[C@H](N)C(=O)NCC(N)=O. The van der Waals surface area contributed by atoms with Gasteiger partial charge in [-0.25, -0.2) is 0 Å². The Morgan fingerprint density at radius 2 is 1.92 bits per heavy atom. The predicted octanol–water partition coefficient (Wildman–Crippen LogP) is -1.43. The van der Waals surface area contributed by atoms with Crippen molar-refractivity contribution >= 4 is 11.8 Å². The van der Waals surface area contributed by atoms with E-state index in [-0.39, 0.29) is 18.4 Å². The molecule has 5 N–H and O–H groups in total. The van der Waals surface area contributed by atoms with Crippen LogP contribution in [0.25, 0.3) is 0 Å². The molecule has 0 spiro atoms. The van der Waals surface area contributed by atoms with Crippen molar-refractivity contribution in [3.05, 3.63) is 0 Å². The third-order valence-electron chi connectivity index (χ3n) is 1.46. The maximum Gasteiger partial charge on any atom is 0.237 e. The number of nitrogens with two attached hydrogens (primary N) is 2. The highest BCUT2D eigenvalue weighted by Crippen LogP contribution is 1.96. The monoisotopic (exact) mass is 173 g/mol. The normalized spacial score (nSPS) is 12.7. The fraction of sp³-hybridized carbons (Fsp3) is 0.714. The largest absolute Gasteiger partial charge is 0.368 e. The van der Waals surface area contributed by atoms with Crippen molar-refractivity contribution in [3.63, 3.8) is 0 Å². The molecule has 0 aromatic carbocycles. The van der Waals surface area contributed by atoms with E-state index < -0.39 is 11.9 Å². The van der Waals surface area contributed by atoms with Crippen molar-refractivity contribution < 1.29 is 9.59 Å². The Labute approximate surface area is 71.5 Å². The standard InChI is InChI=1S/C7H15N3O2/c1-4(2)6(9)7(12)10-3-5(8)11/h4,6H,3,9H2,1-2H3,(H2,8,11)(H,10,12)/t6-/m0/s1. The van der Waals surface area contributed by atoms with E-state index in [1.165, 1.54) is 0 Å². The Hall–Kier alpha value is -1.10. The molecule has 0 aliphatic carbocycles. The van der Waals surface area contributed by atoms with Gasteiger partial charge >= 0.3 is 0 Å². The highest BCUT2D eigenvalue weighted by atomic mass is 16.2. The van der Waals surface area contributed by atoms with Crippen LogP contribution in [-0.2, 0) is 9.59 Å². The number of primary amides is 1. The molecule has 0 aliphatic rings. The van der Waals surface area contributed by atoms with Gasteiger partial charge in [-0.15, -0.1) is 0 Å². The van der Waals surface area contributed by atoms with Crippen LogP contribution in [0.15, 0.2) is 0 Å². The summed E-state index contributed by atoms with van der Waals surface area (Å²) >= 11 is 0. The summed E-state index contributed by atoms with van der Waals surface area (Å²) in [6, 6.07) is -0.579. The van der Waals surface area contributed by atoms with E-state index in [0.29, 0.717) is 0 Å². The molecule has 1 atom stereocenters. The molecule has 0 bridgehead atoms. The van der Waals surface area contributed by atoms with Gasteiger partial charge in [0.1, 0.15) is 0 Å². The Bertz CT molecular complexity index is 179. The third kappa shape index (κ3) is 3.92. The van der Waals surface area contributed by atoms with Gasteiger partial charge in [0.25, 0.3) is 0 Å². The quantitative estimate of drug-likeness (QED) is 0.486. The molecule has 0 unspecified atom stereocenters. The van der Waals surface area contributed by atoms with E-state index in [1.807, 2.05) is 13.8 Å². The number of hydrogen-bond acceptors (Lipinski definition) is 3. The molecule has 5 nitrogen and oxygen atoms in total. The van der Waals surface area contributed by atoms with Crippen molar-refractivity contribution in [3.8, 4) is 0 Å². The first-order valence-corrected chi connectivity index (χ1v) is 3.76. The Morgan fingerprint density at radius 3 is 2.25 bits per heavy atom. The number of carbonyl (C=O) groups excluding carboxylic acids is 2. The molecule has 0 aromatic rings. The summed E-state index contributed by atoms with van der Waals surface area (Å²) in [5.74, 6) is -0.860. The van der Waals surface area contributed by atoms with Crippen LogP contribution in [0.5, 0.6) is 0 Å². The van der Waals surface area contributed by atoms with Crippen LogP contribution in [0, 0.1) is 5.92 Å². The summed E-state index contributed by atoms with van der Waals surface area (Å²) in [6.45, 7) is 3.50. The maximum atomic E-state index is 11.0. The molecule has 0 saturated heterocycles. The molecule has 0 radical (unpaired) electrons. The summed E-state index contributed by atoms with van der Waals surface area (Å²) in [6.07, 6.45) is 0. The van der Waals surface area contributed by atoms with Crippen LogP contribution in [0.4, 0.5) is 0 Å². The molecule has 5 heteroatoms. The molecular formula is C7H15N3O2. The number of amides is 2. The lowest BCUT2D eigenvalue weighted by molar-refractivity contribution is -0.126. The molecule has 0 aromatic heterocycles. The zero-order valence-electron chi connectivity index (χ0n) is 7.33. The molecule has 0 saturated carbocycles. The summed E-state index contributed by atoms with van der Waals surface area (Å²) in [4.78, 5) is 21.3. The molecule has 0 heterocycles. The molecule has 0 rings (SSSR count). The van der Waals surface area contributed by atoms with Gasteiger partial charge in [0.2, 0.25) is 11.8 Å².